The summed E-state index contributed by atoms with van der Waals surface area (Å²) >= 11 is 0. The Morgan fingerprint density at radius 3 is 2.31 bits per heavy atom. The molecule has 1 N–H and O–H groups in total. The first-order chi connectivity index (χ1) is 16.8. The average Bonchev–Trinajstić information content (AvgIpc) is 3.58. The number of carbonyl (C=O) groups excluding carboxylic acids is 2. The Balaban J connectivity index is 1.31. The summed E-state index contributed by atoms with van der Waals surface area (Å²) in [6.07, 6.45) is 5.59. The Bertz CT molecular complexity index is 1060. The van der Waals surface area contributed by atoms with Crippen LogP contribution in [-0.4, -0.2) is 73.9 Å². The third kappa shape index (κ3) is 6.20. The number of hydrogen-bond acceptors (Lipinski definition) is 5. The second kappa shape index (κ2) is 10.9. The predicted molar refractivity (Wildman–Crippen MR) is 120 cm³/mol. The largest absolute Gasteiger partial charge is 0.481 e. The number of unbranched alkanes of at least 4 members (excludes halogenated alkanes) is 1. The van der Waals surface area contributed by atoms with Gasteiger partial charge in [0, 0.05) is 57.7 Å². The molecule has 1 atom stereocenters. The highest BCUT2D eigenvalue weighted by Crippen LogP contribution is 2.39. The maximum Gasteiger partial charge on any atom is 0.303 e. The van der Waals surface area contributed by atoms with Gasteiger partial charge in [-0.05, 0) is 43.7 Å². The van der Waals surface area contributed by atoms with E-state index < -0.39 is 29.1 Å². The molecule has 2 aliphatic rings. The molecule has 0 spiro atoms. The van der Waals surface area contributed by atoms with Gasteiger partial charge in [-0.3, -0.25) is 19.1 Å². The van der Waals surface area contributed by atoms with Gasteiger partial charge in [0.2, 0.25) is 5.91 Å². The van der Waals surface area contributed by atoms with Crippen molar-refractivity contribution in [2.75, 3.05) is 26.2 Å². The molecule has 0 radical (unpaired) electrons. The van der Waals surface area contributed by atoms with Crippen LogP contribution in [0.15, 0.2) is 24.4 Å². The van der Waals surface area contributed by atoms with E-state index in [4.69, 9.17) is 5.11 Å². The summed E-state index contributed by atoms with van der Waals surface area (Å²) in [5.74, 6) is -3.23. The number of aryl methyl sites for hydroxylation is 1. The summed E-state index contributed by atoms with van der Waals surface area (Å²) in [4.78, 5) is 39.7. The van der Waals surface area contributed by atoms with Crippen LogP contribution in [0.25, 0.3) is 0 Å². The number of carboxylic acid groups (broad SMARTS) is 1. The minimum atomic E-state index is -0.891. The van der Waals surface area contributed by atoms with Crippen molar-refractivity contribution in [1.82, 2.24) is 24.8 Å². The quantitative estimate of drug-likeness (QED) is 0.514. The van der Waals surface area contributed by atoms with E-state index in [9.17, 15) is 23.2 Å². The highest BCUT2D eigenvalue weighted by Gasteiger charge is 2.40. The van der Waals surface area contributed by atoms with Gasteiger partial charge in [-0.25, -0.2) is 8.78 Å². The molecule has 9 nitrogen and oxygen atoms in total. The van der Waals surface area contributed by atoms with Crippen molar-refractivity contribution >= 4 is 17.8 Å². The number of piperazine rings is 1. The lowest BCUT2D eigenvalue weighted by molar-refractivity contribution is -0.138. The molecule has 2 fully saturated rings. The van der Waals surface area contributed by atoms with Gasteiger partial charge in [-0.2, -0.15) is 0 Å². The van der Waals surface area contributed by atoms with Crippen LogP contribution in [0.1, 0.15) is 48.2 Å². The summed E-state index contributed by atoms with van der Waals surface area (Å²) in [6, 6.07) is 3.33. The summed E-state index contributed by atoms with van der Waals surface area (Å²) in [5, 5.41) is 17.0. The first kappa shape index (κ1) is 24.7. The van der Waals surface area contributed by atoms with E-state index in [2.05, 4.69) is 10.3 Å². The van der Waals surface area contributed by atoms with Crippen molar-refractivity contribution in [3.05, 3.63) is 47.3 Å². The van der Waals surface area contributed by atoms with Gasteiger partial charge >= 0.3 is 5.97 Å². The van der Waals surface area contributed by atoms with Gasteiger partial charge in [-0.15, -0.1) is 5.10 Å². The Morgan fingerprint density at radius 1 is 1.03 bits per heavy atom. The number of amides is 2. The minimum absolute atomic E-state index is 0.00711. The van der Waals surface area contributed by atoms with E-state index >= 15 is 0 Å². The van der Waals surface area contributed by atoms with Gasteiger partial charge in [0.1, 0.15) is 17.2 Å². The van der Waals surface area contributed by atoms with Crippen LogP contribution in [-0.2, 0) is 22.6 Å². The minimum Gasteiger partial charge on any atom is -0.481 e. The smallest absolute Gasteiger partial charge is 0.303 e. The molecule has 2 aromatic rings. The fourth-order valence-corrected chi connectivity index (χ4v) is 4.50. The van der Waals surface area contributed by atoms with Crippen LogP contribution in [0.4, 0.5) is 8.78 Å². The highest BCUT2D eigenvalue weighted by molar-refractivity contribution is 5.95. The zero-order valence-corrected chi connectivity index (χ0v) is 19.4. The van der Waals surface area contributed by atoms with Crippen LogP contribution in [0.2, 0.25) is 0 Å². The molecule has 1 aliphatic heterocycles. The van der Waals surface area contributed by atoms with Gasteiger partial charge in [0.05, 0.1) is 5.69 Å². The molecule has 188 valence electrons. The molecule has 2 heterocycles. The summed E-state index contributed by atoms with van der Waals surface area (Å²) in [5.41, 5.74) is 0.159. The number of hydrogen-bond donors (Lipinski definition) is 1. The van der Waals surface area contributed by atoms with Crippen LogP contribution < -0.4 is 0 Å². The topological polar surface area (TPSA) is 109 Å². The molecule has 1 saturated carbocycles. The van der Waals surface area contributed by atoms with E-state index in [0.717, 1.165) is 30.7 Å². The molecule has 1 aliphatic carbocycles. The number of aromatic nitrogens is 3. The number of halogens is 2. The number of carbonyl (C=O) groups is 3. The van der Waals surface area contributed by atoms with Crippen molar-refractivity contribution in [1.29, 1.82) is 0 Å². The lowest BCUT2D eigenvalue weighted by Crippen LogP contribution is -2.52. The Kier molecular flexibility index (Phi) is 7.72. The lowest BCUT2D eigenvalue weighted by Gasteiger charge is -2.36. The number of rotatable bonds is 10. The lowest BCUT2D eigenvalue weighted by atomic mass is 9.96. The molecule has 1 saturated heterocycles. The second-order valence-corrected chi connectivity index (χ2v) is 9.19. The fraction of sp³-hybridized carbons (Fsp3) is 0.542. The Morgan fingerprint density at radius 2 is 1.69 bits per heavy atom. The summed E-state index contributed by atoms with van der Waals surface area (Å²) in [6.45, 7) is 1.60. The van der Waals surface area contributed by atoms with Gasteiger partial charge < -0.3 is 14.9 Å². The maximum absolute atomic E-state index is 14.0. The summed E-state index contributed by atoms with van der Waals surface area (Å²) in [7, 11) is 0. The normalized spacial score (nSPS) is 16.9. The third-order valence-corrected chi connectivity index (χ3v) is 6.61. The molecule has 35 heavy (non-hydrogen) atoms. The molecular weight excluding hydrogens is 460 g/mol. The first-order valence-electron chi connectivity index (χ1n) is 12.0. The molecule has 2 amide bonds. The Labute approximate surface area is 201 Å². The fourth-order valence-electron chi connectivity index (χ4n) is 4.50. The number of nitrogens with zero attached hydrogens (tertiary/aromatic N) is 5. The van der Waals surface area contributed by atoms with E-state index in [0.29, 0.717) is 38.9 Å². The monoisotopic (exact) mass is 489 g/mol. The molecule has 4 rings (SSSR count). The third-order valence-electron chi connectivity index (χ3n) is 6.61. The van der Waals surface area contributed by atoms with Crippen molar-refractivity contribution in [3.8, 4) is 0 Å². The van der Waals surface area contributed by atoms with Gasteiger partial charge in [0.25, 0.3) is 5.91 Å². The van der Waals surface area contributed by atoms with Crippen LogP contribution in [0.3, 0.4) is 0 Å². The molecule has 1 aromatic carbocycles. The zero-order valence-electron chi connectivity index (χ0n) is 19.4. The average molecular weight is 490 g/mol. The number of aliphatic carboxylic acids is 1. The van der Waals surface area contributed by atoms with Gasteiger partial charge in [0.15, 0.2) is 0 Å². The Hall–Kier alpha value is -3.37. The van der Waals surface area contributed by atoms with Crippen molar-refractivity contribution in [2.45, 2.75) is 45.1 Å². The van der Waals surface area contributed by atoms with E-state index in [1.54, 1.807) is 9.58 Å². The van der Waals surface area contributed by atoms with Crippen LogP contribution in [0, 0.1) is 23.5 Å². The molecule has 0 bridgehead atoms. The van der Waals surface area contributed by atoms with E-state index in [1.165, 1.54) is 11.0 Å². The molecular formula is C24H29F2N5O4. The van der Waals surface area contributed by atoms with Crippen molar-refractivity contribution in [3.63, 3.8) is 0 Å². The van der Waals surface area contributed by atoms with Gasteiger partial charge in [-0.1, -0.05) is 11.3 Å². The van der Waals surface area contributed by atoms with Crippen molar-refractivity contribution < 1.29 is 28.3 Å². The van der Waals surface area contributed by atoms with Crippen LogP contribution in [0.5, 0.6) is 0 Å². The second-order valence-electron chi connectivity index (χ2n) is 9.19. The summed E-state index contributed by atoms with van der Waals surface area (Å²) < 4.78 is 29.7. The van der Waals surface area contributed by atoms with E-state index in [1.807, 2.05) is 6.20 Å². The maximum atomic E-state index is 14.0. The molecule has 11 heteroatoms. The highest BCUT2D eigenvalue weighted by atomic mass is 19.1. The number of benzene rings is 1. The van der Waals surface area contributed by atoms with E-state index in [-0.39, 0.29) is 37.3 Å². The predicted octanol–water partition coefficient (Wildman–Crippen LogP) is 2.36. The first-order valence-corrected chi connectivity index (χ1v) is 12.0. The molecule has 1 aromatic heterocycles. The van der Waals surface area contributed by atoms with Crippen LogP contribution >= 0.6 is 0 Å². The zero-order chi connectivity index (χ0) is 24.9. The SMILES string of the molecule is O=C(O)CCCCn1cc(CC(C(=O)N2CCN(C(=O)c3c(F)cccc3F)CC2)C2CC2)nn1. The standard InChI is InChI=1S/C24H29F2N5O4/c25-19-4-3-5-20(26)22(19)24(35)30-12-10-29(11-13-30)23(34)18(16-7-8-16)14-17-15-31(28-27-17)9-2-1-6-21(32)33/h3-5,15-16,18H,1-2,6-14H2,(H,32,33). The molecule has 1 unspecified atom stereocenters. The number of carboxylic acids is 1. The van der Waals surface area contributed by atoms with Crippen molar-refractivity contribution in [2.24, 2.45) is 11.8 Å².